The first-order valence-electron chi connectivity index (χ1n) is 6.60. The number of hydrogen-bond donors (Lipinski definition) is 1. The fraction of sp³-hybridized carbons (Fsp3) is 0.538. The summed E-state index contributed by atoms with van der Waals surface area (Å²) in [4.78, 5) is 0.165. The van der Waals surface area contributed by atoms with Crippen LogP contribution in [0.25, 0.3) is 0 Å². The second-order valence-corrected chi connectivity index (χ2v) is 8.73. The zero-order valence-electron chi connectivity index (χ0n) is 11.8. The number of sulfonamides is 1. The monoisotopic (exact) mass is 394 g/mol. The van der Waals surface area contributed by atoms with E-state index in [0.717, 1.165) is 22.4 Å². The van der Waals surface area contributed by atoms with Crippen LogP contribution in [0, 0.1) is 0 Å². The second kappa shape index (κ2) is 7.32. The Morgan fingerprint density at radius 2 is 2.29 bits per heavy atom. The molecule has 1 aromatic carbocycles. The van der Waals surface area contributed by atoms with Gasteiger partial charge >= 0.3 is 0 Å². The smallest absolute Gasteiger partial charge is 0.245 e. The molecule has 5 nitrogen and oxygen atoms in total. The molecular formula is C13H19BrN2O3S2. The quantitative estimate of drug-likeness (QED) is 0.748. The molecule has 1 unspecified atom stereocenters. The number of benzene rings is 1. The molecule has 2 N–H and O–H groups in total. The predicted octanol–water partition coefficient (Wildman–Crippen LogP) is 2.17. The molecule has 0 aliphatic carbocycles. The van der Waals surface area contributed by atoms with Gasteiger partial charge in [0.15, 0.2) is 0 Å². The number of methoxy groups -OCH3 is 1. The van der Waals surface area contributed by atoms with Gasteiger partial charge in [-0.1, -0.05) is 15.9 Å². The number of nitrogens with two attached hydrogens (primary N) is 1. The SMILES string of the molecule is COCCN(C1CCSC1)S(=O)(=O)c1ccc(Br)cc1N. The summed E-state index contributed by atoms with van der Waals surface area (Å²) in [5.74, 6) is 1.80. The Kier molecular flexibility index (Phi) is 5.96. The summed E-state index contributed by atoms with van der Waals surface area (Å²) in [7, 11) is -2.04. The number of thioether (sulfide) groups is 1. The van der Waals surface area contributed by atoms with Crippen LogP contribution in [0.2, 0.25) is 0 Å². The summed E-state index contributed by atoms with van der Waals surface area (Å²) in [6, 6.07) is 4.88. The third-order valence-corrected chi connectivity index (χ3v) is 7.05. The van der Waals surface area contributed by atoms with E-state index in [2.05, 4.69) is 15.9 Å². The molecule has 0 aromatic heterocycles. The zero-order valence-corrected chi connectivity index (χ0v) is 15.0. The summed E-state index contributed by atoms with van der Waals surface area (Å²) in [6.45, 7) is 0.719. The largest absolute Gasteiger partial charge is 0.398 e. The maximum Gasteiger partial charge on any atom is 0.245 e. The van der Waals surface area contributed by atoms with Crippen LogP contribution in [0.5, 0.6) is 0 Å². The zero-order chi connectivity index (χ0) is 15.5. The highest BCUT2D eigenvalue weighted by atomic mass is 79.9. The van der Waals surface area contributed by atoms with Crippen molar-refractivity contribution < 1.29 is 13.2 Å². The molecule has 0 bridgehead atoms. The van der Waals surface area contributed by atoms with Crippen molar-refractivity contribution >= 4 is 43.4 Å². The fourth-order valence-electron chi connectivity index (χ4n) is 2.31. The first kappa shape index (κ1) is 17.1. The van der Waals surface area contributed by atoms with Crippen LogP contribution in [0.1, 0.15) is 6.42 Å². The third kappa shape index (κ3) is 3.92. The Morgan fingerprint density at radius 3 is 2.86 bits per heavy atom. The number of ether oxygens (including phenoxy) is 1. The van der Waals surface area contributed by atoms with Gasteiger partial charge in [-0.15, -0.1) is 0 Å². The lowest BCUT2D eigenvalue weighted by Crippen LogP contribution is -2.42. The van der Waals surface area contributed by atoms with E-state index < -0.39 is 10.0 Å². The van der Waals surface area contributed by atoms with Gasteiger partial charge in [-0.2, -0.15) is 16.1 Å². The van der Waals surface area contributed by atoms with E-state index in [1.165, 1.54) is 4.31 Å². The molecule has 1 fully saturated rings. The van der Waals surface area contributed by atoms with Crippen molar-refractivity contribution in [2.24, 2.45) is 0 Å². The number of rotatable bonds is 6. The highest BCUT2D eigenvalue weighted by Gasteiger charge is 2.34. The maximum atomic E-state index is 12.9. The van der Waals surface area contributed by atoms with E-state index >= 15 is 0 Å². The van der Waals surface area contributed by atoms with Crippen molar-refractivity contribution in [3.8, 4) is 0 Å². The number of nitrogen functional groups attached to an aromatic ring is 1. The molecule has 1 aliphatic rings. The summed E-state index contributed by atoms with van der Waals surface area (Å²) < 4.78 is 33.2. The van der Waals surface area contributed by atoms with E-state index in [4.69, 9.17) is 10.5 Å². The topological polar surface area (TPSA) is 72.6 Å². The van der Waals surface area contributed by atoms with Gasteiger partial charge in [-0.05, 0) is 30.4 Å². The molecule has 0 spiro atoms. The Morgan fingerprint density at radius 1 is 1.52 bits per heavy atom. The Labute approximate surface area is 138 Å². The number of hydrogen-bond acceptors (Lipinski definition) is 5. The number of nitrogens with zero attached hydrogens (tertiary/aromatic N) is 1. The second-order valence-electron chi connectivity index (χ2n) is 4.81. The van der Waals surface area contributed by atoms with E-state index in [-0.39, 0.29) is 16.6 Å². The van der Waals surface area contributed by atoms with Crippen LogP contribution in [-0.2, 0) is 14.8 Å². The highest BCUT2D eigenvalue weighted by molar-refractivity contribution is 9.10. The summed E-state index contributed by atoms with van der Waals surface area (Å²) in [6.07, 6.45) is 0.865. The van der Waals surface area contributed by atoms with Gasteiger partial charge in [0.2, 0.25) is 10.0 Å². The normalized spacial score (nSPS) is 19.3. The molecule has 1 saturated heterocycles. The molecule has 0 saturated carbocycles. The molecule has 1 aliphatic heterocycles. The summed E-state index contributed by atoms with van der Waals surface area (Å²) in [5, 5.41) is 0. The molecule has 0 radical (unpaired) electrons. The molecular weight excluding hydrogens is 376 g/mol. The van der Waals surface area contributed by atoms with Crippen molar-refractivity contribution in [3.63, 3.8) is 0 Å². The van der Waals surface area contributed by atoms with Crippen LogP contribution in [0.15, 0.2) is 27.6 Å². The molecule has 21 heavy (non-hydrogen) atoms. The molecule has 118 valence electrons. The van der Waals surface area contributed by atoms with Crippen molar-refractivity contribution in [1.82, 2.24) is 4.31 Å². The van der Waals surface area contributed by atoms with Gasteiger partial charge in [0.25, 0.3) is 0 Å². The Bertz CT molecular complexity index is 589. The van der Waals surface area contributed by atoms with Crippen molar-refractivity contribution in [2.45, 2.75) is 17.4 Å². The maximum absolute atomic E-state index is 12.9. The third-order valence-electron chi connectivity index (χ3n) is 3.39. The first-order valence-corrected chi connectivity index (χ1v) is 9.99. The minimum atomic E-state index is -3.61. The lowest BCUT2D eigenvalue weighted by molar-refractivity contribution is 0.169. The number of anilines is 1. The first-order chi connectivity index (χ1) is 9.96. The minimum absolute atomic E-state index is 0.0122. The lowest BCUT2D eigenvalue weighted by Gasteiger charge is -2.28. The summed E-state index contributed by atoms with van der Waals surface area (Å²) in [5.41, 5.74) is 6.16. The lowest BCUT2D eigenvalue weighted by atomic mass is 10.3. The van der Waals surface area contributed by atoms with Crippen molar-refractivity contribution in [2.75, 3.05) is 37.5 Å². The van der Waals surface area contributed by atoms with Crippen LogP contribution in [-0.4, -0.2) is 50.5 Å². The Hall–Kier alpha value is -0.280. The van der Waals surface area contributed by atoms with Crippen molar-refractivity contribution in [3.05, 3.63) is 22.7 Å². The predicted molar refractivity (Wildman–Crippen MR) is 90.1 cm³/mol. The minimum Gasteiger partial charge on any atom is -0.398 e. The van der Waals surface area contributed by atoms with Crippen LogP contribution >= 0.6 is 27.7 Å². The molecule has 8 heteroatoms. The van der Waals surface area contributed by atoms with E-state index in [0.29, 0.717) is 13.2 Å². The van der Waals surface area contributed by atoms with Crippen molar-refractivity contribution in [1.29, 1.82) is 0 Å². The van der Waals surface area contributed by atoms with E-state index in [9.17, 15) is 8.42 Å². The van der Waals surface area contributed by atoms with Gasteiger partial charge in [-0.25, -0.2) is 8.42 Å². The van der Waals surface area contributed by atoms with Gasteiger partial charge < -0.3 is 10.5 Å². The average molecular weight is 395 g/mol. The standard InChI is InChI=1S/C13H19BrN2O3S2/c1-19-6-5-16(11-4-7-20-9-11)21(17,18)13-3-2-10(14)8-12(13)15/h2-3,8,11H,4-7,9,15H2,1H3. The number of halogens is 1. The molecule has 2 rings (SSSR count). The highest BCUT2D eigenvalue weighted by Crippen LogP contribution is 2.30. The van der Waals surface area contributed by atoms with Crippen LogP contribution in [0.4, 0.5) is 5.69 Å². The molecule has 1 heterocycles. The molecule has 0 amide bonds. The van der Waals surface area contributed by atoms with Crippen LogP contribution < -0.4 is 5.73 Å². The fourth-order valence-corrected chi connectivity index (χ4v) is 5.74. The van der Waals surface area contributed by atoms with Gasteiger partial charge in [0.1, 0.15) is 4.90 Å². The van der Waals surface area contributed by atoms with Crippen LogP contribution in [0.3, 0.4) is 0 Å². The van der Waals surface area contributed by atoms with E-state index in [1.54, 1.807) is 37.1 Å². The molecule has 1 aromatic rings. The molecule has 1 atom stereocenters. The average Bonchev–Trinajstić information content (AvgIpc) is 2.92. The van der Waals surface area contributed by atoms with E-state index in [1.807, 2.05) is 0 Å². The van der Waals surface area contributed by atoms with Gasteiger partial charge in [0, 0.05) is 29.9 Å². The Balaban J connectivity index is 2.35. The van der Waals surface area contributed by atoms with Gasteiger partial charge in [-0.3, -0.25) is 0 Å². The summed E-state index contributed by atoms with van der Waals surface area (Å²) >= 11 is 5.07. The van der Waals surface area contributed by atoms with Gasteiger partial charge in [0.05, 0.1) is 12.3 Å².